The highest BCUT2D eigenvalue weighted by Gasteiger charge is 2.21. The fraction of sp³-hybridized carbons (Fsp3) is 0.500. The summed E-state index contributed by atoms with van der Waals surface area (Å²) in [7, 11) is 0. The third kappa shape index (κ3) is 4.67. The number of rotatable bonds is 5. The van der Waals surface area contributed by atoms with Gasteiger partial charge in [0, 0.05) is 12.6 Å². The van der Waals surface area contributed by atoms with Crippen molar-refractivity contribution in [2.75, 3.05) is 0 Å². The number of halogens is 1. The molecule has 0 heterocycles. The van der Waals surface area contributed by atoms with Crippen LogP contribution in [0.15, 0.2) is 30.3 Å². The predicted octanol–water partition coefficient (Wildman–Crippen LogP) is 2.58. The lowest BCUT2D eigenvalue weighted by molar-refractivity contribution is -0.135. The van der Waals surface area contributed by atoms with Crippen molar-refractivity contribution in [2.45, 2.75) is 45.8 Å². The van der Waals surface area contributed by atoms with Gasteiger partial charge in [0.1, 0.15) is 0 Å². The molecule has 1 aromatic carbocycles. The first-order chi connectivity index (χ1) is 8.06. The molecule has 0 radical (unpaired) electrons. The fourth-order valence-corrected chi connectivity index (χ4v) is 1.71. The van der Waals surface area contributed by atoms with E-state index < -0.39 is 6.04 Å². The highest BCUT2D eigenvalue weighted by molar-refractivity contribution is 5.85. The van der Waals surface area contributed by atoms with Gasteiger partial charge in [0.2, 0.25) is 5.91 Å². The maximum absolute atomic E-state index is 12.0. The number of hydrogen-bond donors (Lipinski definition) is 1. The van der Waals surface area contributed by atoms with Gasteiger partial charge in [0.05, 0.1) is 6.04 Å². The van der Waals surface area contributed by atoms with Gasteiger partial charge >= 0.3 is 0 Å². The molecule has 102 valence electrons. The monoisotopic (exact) mass is 270 g/mol. The van der Waals surface area contributed by atoms with Crippen molar-refractivity contribution in [2.24, 2.45) is 5.73 Å². The molecule has 2 N–H and O–H groups in total. The average Bonchev–Trinajstić information content (AvgIpc) is 2.35. The molecule has 3 nitrogen and oxygen atoms in total. The average molecular weight is 271 g/mol. The molecule has 0 aliphatic heterocycles. The molecule has 1 rings (SSSR count). The summed E-state index contributed by atoms with van der Waals surface area (Å²) < 4.78 is 0. The van der Waals surface area contributed by atoms with Crippen LogP contribution in [0.5, 0.6) is 0 Å². The minimum absolute atomic E-state index is 0. The SMILES string of the molecule is CCC(C)N(Cc1ccccc1)C(=O)C(C)N.Cl. The van der Waals surface area contributed by atoms with E-state index in [-0.39, 0.29) is 24.4 Å². The highest BCUT2D eigenvalue weighted by Crippen LogP contribution is 2.11. The van der Waals surface area contributed by atoms with E-state index in [0.717, 1.165) is 12.0 Å². The predicted molar refractivity (Wildman–Crippen MR) is 77.6 cm³/mol. The van der Waals surface area contributed by atoms with E-state index in [1.54, 1.807) is 6.92 Å². The minimum Gasteiger partial charge on any atom is -0.334 e. The largest absolute Gasteiger partial charge is 0.334 e. The Morgan fingerprint density at radius 2 is 1.83 bits per heavy atom. The molecule has 0 bridgehead atoms. The van der Waals surface area contributed by atoms with Crippen molar-refractivity contribution in [3.05, 3.63) is 35.9 Å². The molecule has 2 unspecified atom stereocenters. The van der Waals surface area contributed by atoms with E-state index in [1.165, 1.54) is 0 Å². The second-order valence-corrected chi connectivity index (χ2v) is 4.50. The number of carbonyl (C=O) groups excluding carboxylic acids is 1. The van der Waals surface area contributed by atoms with Crippen molar-refractivity contribution in [1.82, 2.24) is 4.90 Å². The molecule has 0 aliphatic rings. The number of benzene rings is 1. The van der Waals surface area contributed by atoms with Crippen LogP contribution in [0.4, 0.5) is 0 Å². The van der Waals surface area contributed by atoms with Crippen LogP contribution in [0.25, 0.3) is 0 Å². The van der Waals surface area contributed by atoms with Crippen LogP contribution in [0, 0.1) is 0 Å². The number of nitrogens with two attached hydrogens (primary N) is 1. The number of carbonyl (C=O) groups is 1. The van der Waals surface area contributed by atoms with Gasteiger partial charge in [-0.2, -0.15) is 0 Å². The lowest BCUT2D eigenvalue weighted by Gasteiger charge is -2.30. The lowest BCUT2D eigenvalue weighted by atomic mass is 10.1. The van der Waals surface area contributed by atoms with Gasteiger partial charge in [-0.05, 0) is 25.8 Å². The van der Waals surface area contributed by atoms with E-state index in [2.05, 4.69) is 13.8 Å². The molecule has 0 aliphatic carbocycles. The normalized spacial score (nSPS) is 13.3. The van der Waals surface area contributed by atoms with Gasteiger partial charge in [0.25, 0.3) is 0 Å². The van der Waals surface area contributed by atoms with Crippen LogP contribution in [-0.4, -0.2) is 22.9 Å². The van der Waals surface area contributed by atoms with E-state index in [1.807, 2.05) is 35.2 Å². The third-order valence-electron chi connectivity index (χ3n) is 2.99. The van der Waals surface area contributed by atoms with Crippen LogP contribution in [-0.2, 0) is 11.3 Å². The Bertz CT molecular complexity index is 354. The standard InChI is InChI=1S/C14H22N2O.ClH/c1-4-11(2)16(14(17)12(3)15)10-13-8-6-5-7-9-13;/h5-9,11-12H,4,10,15H2,1-3H3;1H. The molecule has 2 atom stereocenters. The summed E-state index contributed by atoms with van der Waals surface area (Å²) in [5.74, 6) is 0.0169. The summed E-state index contributed by atoms with van der Waals surface area (Å²) in [5, 5.41) is 0. The highest BCUT2D eigenvalue weighted by atomic mass is 35.5. The smallest absolute Gasteiger partial charge is 0.239 e. The van der Waals surface area contributed by atoms with Crippen LogP contribution in [0.3, 0.4) is 0 Å². The maximum atomic E-state index is 12.0. The molecule has 1 amide bonds. The molecule has 0 saturated carbocycles. The quantitative estimate of drug-likeness (QED) is 0.894. The molecule has 0 spiro atoms. The molecule has 18 heavy (non-hydrogen) atoms. The molecule has 1 aromatic rings. The van der Waals surface area contributed by atoms with Gasteiger partial charge < -0.3 is 10.6 Å². The zero-order chi connectivity index (χ0) is 12.8. The third-order valence-corrected chi connectivity index (χ3v) is 2.99. The van der Waals surface area contributed by atoms with Gasteiger partial charge in [0.15, 0.2) is 0 Å². The van der Waals surface area contributed by atoms with Gasteiger partial charge in [-0.3, -0.25) is 4.79 Å². The Hall–Kier alpha value is -1.06. The summed E-state index contributed by atoms with van der Waals surface area (Å²) in [6.07, 6.45) is 0.936. The Labute approximate surface area is 116 Å². The summed E-state index contributed by atoms with van der Waals surface area (Å²) in [6.45, 7) is 6.51. The summed E-state index contributed by atoms with van der Waals surface area (Å²) in [5.41, 5.74) is 6.83. The van der Waals surface area contributed by atoms with Crippen molar-refractivity contribution in [1.29, 1.82) is 0 Å². The second kappa shape index (κ2) is 8.11. The van der Waals surface area contributed by atoms with Crippen LogP contribution in [0.1, 0.15) is 32.8 Å². The Morgan fingerprint density at radius 3 is 2.28 bits per heavy atom. The Morgan fingerprint density at radius 1 is 1.28 bits per heavy atom. The molecular formula is C14H23ClN2O. The first-order valence-corrected chi connectivity index (χ1v) is 6.16. The van der Waals surface area contributed by atoms with Gasteiger partial charge in [-0.25, -0.2) is 0 Å². The van der Waals surface area contributed by atoms with Crippen molar-refractivity contribution >= 4 is 18.3 Å². The van der Waals surface area contributed by atoms with Crippen LogP contribution >= 0.6 is 12.4 Å². The van der Waals surface area contributed by atoms with E-state index in [0.29, 0.717) is 6.54 Å². The van der Waals surface area contributed by atoms with Gasteiger partial charge in [-0.1, -0.05) is 37.3 Å². The summed E-state index contributed by atoms with van der Waals surface area (Å²) in [4.78, 5) is 13.9. The number of hydrogen-bond acceptors (Lipinski definition) is 2. The van der Waals surface area contributed by atoms with Crippen molar-refractivity contribution in [3.8, 4) is 0 Å². The first-order valence-electron chi connectivity index (χ1n) is 6.16. The Kier molecular flexibility index (Phi) is 7.64. The second-order valence-electron chi connectivity index (χ2n) is 4.50. The topological polar surface area (TPSA) is 46.3 Å². The molecular weight excluding hydrogens is 248 g/mol. The molecule has 4 heteroatoms. The molecule has 0 aromatic heterocycles. The molecule has 0 fully saturated rings. The summed E-state index contributed by atoms with van der Waals surface area (Å²) >= 11 is 0. The number of amides is 1. The Balaban J connectivity index is 0.00000289. The van der Waals surface area contributed by atoms with E-state index in [4.69, 9.17) is 5.73 Å². The number of nitrogens with zero attached hydrogens (tertiary/aromatic N) is 1. The fourth-order valence-electron chi connectivity index (χ4n) is 1.71. The summed E-state index contributed by atoms with van der Waals surface area (Å²) in [6, 6.07) is 9.79. The van der Waals surface area contributed by atoms with Gasteiger partial charge in [-0.15, -0.1) is 12.4 Å². The molecule has 0 saturated heterocycles. The lowest BCUT2D eigenvalue weighted by Crippen LogP contribution is -2.45. The van der Waals surface area contributed by atoms with E-state index in [9.17, 15) is 4.79 Å². The van der Waals surface area contributed by atoms with Crippen molar-refractivity contribution < 1.29 is 4.79 Å². The first kappa shape index (κ1) is 16.9. The zero-order valence-electron chi connectivity index (χ0n) is 11.3. The van der Waals surface area contributed by atoms with Crippen LogP contribution < -0.4 is 5.73 Å². The zero-order valence-corrected chi connectivity index (χ0v) is 12.1. The minimum atomic E-state index is -0.437. The van der Waals surface area contributed by atoms with Crippen LogP contribution in [0.2, 0.25) is 0 Å². The van der Waals surface area contributed by atoms with E-state index >= 15 is 0 Å². The van der Waals surface area contributed by atoms with Crippen molar-refractivity contribution in [3.63, 3.8) is 0 Å². The maximum Gasteiger partial charge on any atom is 0.239 e.